The van der Waals surface area contributed by atoms with Crippen molar-refractivity contribution in [3.63, 3.8) is 0 Å². The first-order chi connectivity index (χ1) is 4.77. The van der Waals surface area contributed by atoms with Crippen molar-refractivity contribution in [1.82, 2.24) is 0 Å². The van der Waals surface area contributed by atoms with Crippen molar-refractivity contribution < 1.29 is 61.3 Å². The molecular formula is C8H17KO2. The number of carboxylic acid groups (broad SMARTS) is 1. The SMILES string of the molecule is CCCCCC(=O)O.[CH2-]C.[K+]. The van der Waals surface area contributed by atoms with E-state index in [0.717, 1.165) is 19.3 Å². The van der Waals surface area contributed by atoms with Gasteiger partial charge in [0.15, 0.2) is 0 Å². The van der Waals surface area contributed by atoms with Gasteiger partial charge in [-0.3, -0.25) is 4.79 Å². The molecule has 0 spiro atoms. The van der Waals surface area contributed by atoms with Crippen molar-refractivity contribution in [2.45, 2.75) is 39.5 Å². The maximum absolute atomic E-state index is 9.87. The van der Waals surface area contributed by atoms with E-state index in [1.54, 1.807) is 6.92 Å². The molecule has 3 heteroatoms. The minimum absolute atomic E-state index is 0. The van der Waals surface area contributed by atoms with Crippen molar-refractivity contribution in [3.8, 4) is 0 Å². The Hall–Kier alpha value is 1.11. The van der Waals surface area contributed by atoms with Gasteiger partial charge in [0, 0.05) is 6.42 Å². The molecule has 0 radical (unpaired) electrons. The smallest absolute Gasteiger partial charge is 0.481 e. The molecule has 2 nitrogen and oxygen atoms in total. The molecular weight excluding hydrogens is 167 g/mol. The molecule has 0 saturated carbocycles. The molecule has 0 bridgehead atoms. The number of carbonyl (C=O) groups is 1. The Kier molecular flexibility index (Phi) is 28.3. The molecule has 1 N–H and O–H groups in total. The first-order valence-electron chi connectivity index (χ1n) is 3.70. The number of hydrogen-bond acceptors (Lipinski definition) is 1. The van der Waals surface area contributed by atoms with Crippen LogP contribution in [0.4, 0.5) is 0 Å². The molecule has 0 fully saturated rings. The standard InChI is InChI=1S/C6H12O2.C2H5.K/c1-2-3-4-5-6(7)8;1-2;/h2-5H2,1H3,(H,7,8);1H2,2H3;/q;-1;+1. The normalized spacial score (nSPS) is 7.18. The second-order valence-electron chi connectivity index (χ2n) is 1.85. The predicted molar refractivity (Wildman–Crippen MR) is 42.8 cm³/mol. The van der Waals surface area contributed by atoms with Gasteiger partial charge in [-0.2, -0.15) is 6.92 Å². The van der Waals surface area contributed by atoms with Gasteiger partial charge >= 0.3 is 57.4 Å². The number of hydrogen-bond donors (Lipinski definition) is 1. The minimum atomic E-state index is -0.682. The minimum Gasteiger partial charge on any atom is -0.481 e. The zero-order valence-electron chi connectivity index (χ0n) is 7.89. The van der Waals surface area contributed by atoms with E-state index >= 15 is 0 Å². The summed E-state index contributed by atoms with van der Waals surface area (Å²) in [7, 11) is 0. The molecule has 0 aromatic heterocycles. The number of carboxylic acids is 1. The van der Waals surface area contributed by atoms with E-state index in [2.05, 4.69) is 13.8 Å². The first-order valence-corrected chi connectivity index (χ1v) is 3.70. The van der Waals surface area contributed by atoms with E-state index in [1.165, 1.54) is 0 Å². The van der Waals surface area contributed by atoms with Crippen molar-refractivity contribution in [3.05, 3.63) is 6.92 Å². The summed E-state index contributed by atoms with van der Waals surface area (Å²) in [5.41, 5.74) is 0. The third-order valence-electron chi connectivity index (χ3n) is 0.994. The Morgan fingerprint density at radius 3 is 2.09 bits per heavy atom. The van der Waals surface area contributed by atoms with E-state index in [0.29, 0.717) is 6.42 Å². The summed E-state index contributed by atoms with van der Waals surface area (Å²) >= 11 is 0. The van der Waals surface area contributed by atoms with E-state index in [1.807, 2.05) is 0 Å². The predicted octanol–water partition coefficient (Wildman–Crippen LogP) is -0.504. The summed E-state index contributed by atoms with van der Waals surface area (Å²) in [6, 6.07) is 0. The molecule has 0 aliphatic heterocycles. The number of aliphatic carboxylic acids is 1. The van der Waals surface area contributed by atoms with Crippen molar-refractivity contribution in [2.75, 3.05) is 0 Å². The van der Waals surface area contributed by atoms with E-state index < -0.39 is 5.97 Å². The Bertz CT molecular complexity index is 74.5. The summed E-state index contributed by atoms with van der Waals surface area (Å²) < 4.78 is 0. The average Bonchev–Trinajstić information content (AvgIpc) is 1.92. The van der Waals surface area contributed by atoms with Crippen LogP contribution in [0.25, 0.3) is 0 Å². The van der Waals surface area contributed by atoms with Gasteiger partial charge in [0.1, 0.15) is 0 Å². The fourth-order valence-corrected chi connectivity index (χ4v) is 0.526. The Balaban J connectivity index is -0.000000196. The van der Waals surface area contributed by atoms with Gasteiger partial charge in [-0.15, -0.1) is 0 Å². The Morgan fingerprint density at radius 1 is 1.36 bits per heavy atom. The van der Waals surface area contributed by atoms with Crippen LogP contribution >= 0.6 is 0 Å². The maximum atomic E-state index is 9.87. The van der Waals surface area contributed by atoms with Crippen LogP contribution in [-0.4, -0.2) is 11.1 Å². The second-order valence-corrected chi connectivity index (χ2v) is 1.85. The molecule has 11 heavy (non-hydrogen) atoms. The summed E-state index contributed by atoms with van der Waals surface area (Å²) in [5.74, 6) is -0.682. The molecule has 0 amide bonds. The summed E-state index contributed by atoms with van der Waals surface area (Å²) in [6.07, 6.45) is 3.28. The van der Waals surface area contributed by atoms with Crippen molar-refractivity contribution in [1.29, 1.82) is 0 Å². The van der Waals surface area contributed by atoms with E-state index in [-0.39, 0.29) is 51.4 Å². The number of rotatable bonds is 4. The van der Waals surface area contributed by atoms with Crippen molar-refractivity contribution in [2.24, 2.45) is 0 Å². The summed E-state index contributed by atoms with van der Waals surface area (Å²) in [6.45, 7) is 7.06. The van der Waals surface area contributed by atoms with Gasteiger partial charge in [-0.1, -0.05) is 19.8 Å². The molecule has 0 aliphatic rings. The third kappa shape index (κ3) is 24.7. The van der Waals surface area contributed by atoms with Crippen LogP contribution in [-0.2, 0) is 4.79 Å². The largest absolute Gasteiger partial charge is 1.00 e. The molecule has 0 saturated heterocycles. The van der Waals surface area contributed by atoms with Crippen LogP contribution in [0.3, 0.4) is 0 Å². The molecule has 0 unspecified atom stereocenters. The third-order valence-corrected chi connectivity index (χ3v) is 0.994. The van der Waals surface area contributed by atoms with Crippen LogP contribution in [0.15, 0.2) is 0 Å². The summed E-state index contributed by atoms with van der Waals surface area (Å²) in [4.78, 5) is 9.87. The van der Waals surface area contributed by atoms with E-state index in [9.17, 15) is 4.79 Å². The monoisotopic (exact) mass is 184 g/mol. The second kappa shape index (κ2) is 17.3. The molecule has 0 aromatic rings. The van der Waals surface area contributed by atoms with Gasteiger partial charge in [0.2, 0.25) is 0 Å². The summed E-state index contributed by atoms with van der Waals surface area (Å²) in [5, 5.41) is 8.14. The van der Waals surface area contributed by atoms with Gasteiger partial charge < -0.3 is 12.0 Å². The Labute approximate surface area is 112 Å². The molecule has 0 atom stereocenters. The van der Waals surface area contributed by atoms with Gasteiger partial charge in [-0.25, -0.2) is 0 Å². The number of unbranched alkanes of at least 4 members (excludes halogenated alkanes) is 2. The van der Waals surface area contributed by atoms with Crippen LogP contribution < -0.4 is 51.4 Å². The van der Waals surface area contributed by atoms with Gasteiger partial charge in [0.05, 0.1) is 0 Å². The first kappa shape index (κ1) is 18.0. The van der Waals surface area contributed by atoms with Crippen LogP contribution in [0.2, 0.25) is 0 Å². The molecule has 0 heterocycles. The maximum Gasteiger partial charge on any atom is 1.00 e. The molecule has 0 aromatic carbocycles. The Morgan fingerprint density at radius 2 is 1.82 bits per heavy atom. The topological polar surface area (TPSA) is 37.3 Å². The fourth-order valence-electron chi connectivity index (χ4n) is 0.526. The van der Waals surface area contributed by atoms with Crippen LogP contribution in [0, 0.1) is 6.92 Å². The quantitative estimate of drug-likeness (QED) is 0.363. The average molecular weight is 184 g/mol. The van der Waals surface area contributed by atoms with E-state index in [4.69, 9.17) is 5.11 Å². The zero-order chi connectivity index (χ0) is 8.41. The van der Waals surface area contributed by atoms with Crippen LogP contribution in [0.1, 0.15) is 39.5 Å². The molecule has 0 rings (SSSR count). The van der Waals surface area contributed by atoms with Crippen molar-refractivity contribution >= 4 is 5.97 Å². The van der Waals surface area contributed by atoms with Crippen LogP contribution in [0.5, 0.6) is 0 Å². The molecule has 0 aliphatic carbocycles. The zero-order valence-corrected chi connectivity index (χ0v) is 11.0. The fraction of sp³-hybridized carbons (Fsp3) is 0.750. The van der Waals surface area contributed by atoms with Gasteiger partial charge in [-0.05, 0) is 6.42 Å². The molecule has 62 valence electrons. The van der Waals surface area contributed by atoms with Gasteiger partial charge in [0.25, 0.3) is 0 Å².